The minimum atomic E-state index is -0.371. The van der Waals surface area contributed by atoms with E-state index >= 15 is 0 Å². The molecule has 0 spiro atoms. The number of hydrogen-bond donors (Lipinski definition) is 2. The number of esters is 1. The van der Waals surface area contributed by atoms with Crippen LogP contribution in [0.2, 0.25) is 0 Å². The first-order valence-corrected chi connectivity index (χ1v) is 9.21. The summed E-state index contributed by atoms with van der Waals surface area (Å²) in [6, 6.07) is 7.20. The zero-order chi connectivity index (χ0) is 21.0. The number of likely N-dealkylation sites (N-methyl/N-ethyl adjacent to an activating group) is 1. The van der Waals surface area contributed by atoms with Gasteiger partial charge in [-0.1, -0.05) is 6.07 Å². The lowest BCUT2D eigenvalue weighted by molar-refractivity contribution is 0.0481. The van der Waals surface area contributed by atoms with Crippen LogP contribution in [-0.4, -0.2) is 66.8 Å². The number of fused-ring (bicyclic) bond motifs is 1. The van der Waals surface area contributed by atoms with Crippen LogP contribution >= 0.6 is 0 Å². The molecule has 9 heteroatoms. The van der Waals surface area contributed by atoms with E-state index in [1.807, 2.05) is 41.9 Å². The quantitative estimate of drug-likeness (QED) is 0.554. The van der Waals surface area contributed by atoms with E-state index in [1.165, 1.54) is 0 Å². The maximum Gasteiger partial charge on any atom is 0.338 e. The summed E-state index contributed by atoms with van der Waals surface area (Å²) in [6.45, 7) is 1.52. The van der Waals surface area contributed by atoms with E-state index in [4.69, 9.17) is 15.2 Å². The molecule has 3 aromatic rings. The fourth-order valence-corrected chi connectivity index (χ4v) is 3.02. The number of nitrogen functional groups attached to an aromatic ring is 1. The van der Waals surface area contributed by atoms with Crippen molar-refractivity contribution in [2.24, 2.45) is 0 Å². The molecule has 0 unspecified atom stereocenters. The summed E-state index contributed by atoms with van der Waals surface area (Å²) in [7, 11) is 7.22. The summed E-state index contributed by atoms with van der Waals surface area (Å²) < 4.78 is 12.8. The lowest BCUT2D eigenvalue weighted by Crippen LogP contribution is -2.20. The van der Waals surface area contributed by atoms with Crippen molar-refractivity contribution in [1.82, 2.24) is 19.4 Å². The van der Waals surface area contributed by atoms with E-state index in [1.54, 1.807) is 26.3 Å². The molecular formula is C20H26N6O3. The highest BCUT2D eigenvalue weighted by Gasteiger charge is 2.15. The molecule has 154 valence electrons. The summed E-state index contributed by atoms with van der Waals surface area (Å²) in [5.74, 6) is 1.10. The van der Waals surface area contributed by atoms with Crippen LogP contribution in [0.3, 0.4) is 0 Å². The first kappa shape index (κ1) is 20.4. The standard InChI is InChI=1S/C20H26N6O3/c1-22-18-17-15(23-20(21)24-18)7-8-26(17)12-14-6-5-13(11-16(14)28-4)19(27)29-10-9-25(2)3/h5-8,11H,9-10,12H2,1-4H3,(H3,21,22,23,24). The van der Waals surface area contributed by atoms with E-state index < -0.39 is 0 Å². The number of anilines is 2. The molecule has 3 rings (SSSR count). The first-order chi connectivity index (χ1) is 13.9. The molecule has 0 aliphatic carbocycles. The van der Waals surface area contributed by atoms with Crippen LogP contribution in [0.25, 0.3) is 11.0 Å². The number of hydrogen-bond acceptors (Lipinski definition) is 8. The number of nitrogens with one attached hydrogen (secondary N) is 1. The lowest BCUT2D eigenvalue weighted by atomic mass is 10.1. The topological polar surface area (TPSA) is 108 Å². The Morgan fingerprint density at radius 1 is 1.28 bits per heavy atom. The highest BCUT2D eigenvalue weighted by atomic mass is 16.5. The average Bonchev–Trinajstić information content (AvgIpc) is 3.09. The predicted octanol–water partition coefficient (Wildman–Crippen LogP) is 1.83. The van der Waals surface area contributed by atoms with Gasteiger partial charge in [0.25, 0.3) is 0 Å². The largest absolute Gasteiger partial charge is 0.496 e. The van der Waals surface area contributed by atoms with E-state index in [-0.39, 0.29) is 11.9 Å². The van der Waals surface area contributed by atoms with E-state index in [2.05, 4.69) is 15.3 Å². The molecule has 0 saturated carbocycles. The molecule has 0 radical (unpaired) electrons. The molecule has 2 heterocycles. The Labute approximate surface area is 169 Å². The number of nitrogens with two attached hydrogens (primary N) is 1. The summed E-state index contributed by atoms with van der Waals surface area (Å²) in [5.41, 5.74) is 8.72. The van der Waals surface area contributed by atoms with Crippen molar-refractivity contribution in [2.75, 3.05) is 52.5 Å². The van der Waals surface area contributed by atoms with Crippen LogP contribution in [0.1, 0.15) is 15.9 Å². The maximum atomic E-state index is 12.3. The highest BCUT2D eigenvalue weighted by molar-refractivity contribution is 5.90. The van der Waals surface area contributed by atoms with Crippen LogP contribution < -0.4 is 15.8 Å². The Kier molecular flexibility index (Phi) is 6.18. The number of nitrogens with zero attached hydrogens (tertiary/aromatic N) is 4. The van der Waals surface area contributed by atoms with Crippen LogP contribution in [0, 0.1) is 0 Å². The van der Waals surface area contributed by atoms with Crippen molar-refractivity contribution in [3.63, 3.8) is 0 Å². The molecule has 9 nitrogen and oxygen atoms in total. The van der Waals surface area contributed by atoms with Gasteiger partial charge in [0.05, 0.1) is 24.7 Å². The third-order valence-electron chi connectivity index (χ3n) is 4.50. The van der Waals surface area contributed by atoms with Gasteiger partial charge >= 0.3 is 5.97 Å². The number of aromatic nitrogens is 3. The van der Waals surface area contributed by atoms with Crippen molar-refractivity contribution in [2.45, 2.75) is 6.54 Å². The molecule has 0 fully saturated rings. The third-order valence-corrected chi connectivity index (χ3v) is 4.50. The molecule has 3 N–H and O–H groups in total. The van der Waals surface area contributed by atoms with Gasteiger partial charge in [0.1, 0.15) is 17.9 Å². The Bertz CT molecular complexity index is 1010. The van der Waals surface area contributed by atoms with Crippen LogP contribution in [-0.2, 0) is 11.3 Å². The van der Waals surface area contributed by atoms with Gasteiger partial charge < -0.3 is 30.0 Å². The van der Waals surface area contributed by atoms with Gasteiger partial charge in [-0.25, -0.2) is 9.78 Å². The Morgan fingerprint density at radius 2 is 2.07 bits per heavy atom. The second kappa shape index (κ2) is 8.78. The van der Waals surface area contributed by atoms with Crippen LogP contribution in [0.4, 0.5) is 11.8 Å². The Balaban J connectivity index is 1.85. The zero-order valence-electron chi connectivity index (χ0n) is 17.1. The normalized spacial score (nSPS) is 11.1. The van der Waals surface area contributed by atoms with Gasteiger partial charge in [-0.05, 0) is 32.3 Å². The van der Waals surface area contributed by atoms with Crippen LogP contribution in [0.5, 0.6) is 5.75 Å². The van der Waals surface area contributed by atoms with Crippen molar-refractivity contribution >= 4 is 28.8 Å². The second-order valence-electron chi connectivity index (χ2n) is 6.82. The number of carbonyl (C=O) groups excluding carboxylic acids is 1. The fraction of sp³-hybridized carbons (Fsp3) is 0.350. The summed E-state index contributed by atoms with van der Waals surface area (Å²) >= 11 is 0. The molecule has 0 aliphatic heterocycles. The first-order valence-electron chi connectivity index (χ1n) is 9.21. The molecule has 2 aromatic heterocycles. The smallest absolute Gasteiger partial charge is 0.338 e. The predicted molar refractivity (Wildman–Crippen MR) is 112 cm³/mol. The molecule has 29 heavy (non-hydrogen) atoms. The summed E-state index contributed by atoms with van der Waals surface area (Å²) in [5, 5.41) is 3.06. The van der Waals surface area contributed by atoms with E-state index in [9.17, 15) is 4.79 Å². The third kappa shape index (κ3) is 4.57. The SMILES string of the molecule is CNc1nc(N)nc2ccn(Cc3ccc(C(=O)OCCN(C)C)cc3OC)c12. The van der Waals surface area contributed by atoms with Gasteiger partial charge in [-0.15, -0.1) is 0 Å². The van der Waals surface area contributed by atoms with Gasteiger partial charge in [-0.2, -0.15) is 4.98 Å². The molecule has 0 amide bonds. The average molecular weight is 398 g/mol. The van der Waals surface area contributed by atoms with E-state index in [0.717, 1.165) is 16.6 Å². The lowest BCUT2D eigenvalue weighted by Gasteiger charge is -2.14. The number of carbonyl (C=O) groups is 1. The fourth-order valence-electron chi connectivity index (χ4n) is 3.02. The number of rotatable bonds is 8. The minimum absolute atomic E-state index is 0.217. The van der Waals surface area contributed by atoms with Crippen molar-refractivity contribution in [3.8, 4) is 5.75 Å². The van der Waals surface area contributed by atoms with Gasteiger partial charge in [0.2, 0.25) is 5.95 Å². The van der Waals surface area contributed by atoms with Gasteiger partial charge in [0.15, 0.2) is 5.82 Å². The van der Waals surface area contributed by atoms with Gasteiger partial charge in [0, 0.05) is 25.4 Å². The Hall–Kier alpha value is -3.33. The second-order valence-corrected chi connectivity index (χ2v) is 6.82. The molecule has 0 bridgehead atoms. The van der Waals surface area contributed by atoms with Crippen molar-refractivity contribution in [3.05, 3.63) is 41.6 Å². The van der Waals surface area contributed by atoms with E-state index in [0.29, 0.717) is 36.8 Å². The molecule has 0 saturated heterocycles. The monoisotopic (exact) mass is 398 g/mol. The van der Waals surface area contributed by atoms with Crippen molar-refractivity contribution in [1.29, 1.82) is 0 Å². The highest BCUT2D eigenvalue weighted by Crippen LogP contribution is 2.27. The molecule has 0 atom stereocenters. The van der Waals surface area contributed by atoms with Crippen LogP contribution in [0.15, 0.2) is 30.5 Å². The summed E-state index contributed by atoms with van der Waals surface area (Å²) in [6.07, 6.45) is 1.92. The number of methoxy groups -OCH3 is 1. The molecule has 1 aromatic carbocycles. The maximum absolute atomic E-state index is 12.3. The number of benzene rings is 1. The number of ether oxygens (including phenoxy) is 2. The van der Waals surface area contributed by atoms with Crippen molar-refractivity contribution < 1.29 is 14.3 Å². The molecular weight excluding hydrogens is 372 g/mol. The minimum Gasteiger partial charge on any atom is -0.496 e. The van der Waals surface area contributed by atoms with Gasteiger partial charge in [-0.3, -0.25) is 0 Å². The molecule has 0 aliphatic rings. The Morgan fingerprint density at radius 3 is 2.76 bits per heavy atom. The zero-order valence-corrected chi connectivity index (χ0v) is 17.1. The summed E-state index contributed by atoms with van der Waals surface area (Å²) in [4.78, 5) is 22.8.